The van der Waals surface area contributed by atoms with E-state index in [1.54, 1.807) is 11.8 Å². The van der Waals surface area contributed by atoms with Gasteiger partial charge in [-0.3, -0.25) is 9.48 Å². The fraction of sp³-hybridized carbons (Fsp3) is 0.304. The minimum absolute atomic E-state index is 0.131. The highest BCUT2D eigenvalue weighted by molar-refractivity contribution is 7.99. The molecule has 1 aromatic heterocycles. The fourth-order valence-corrected chi connectivity index (χ4v) is 5.29. The second-order valence-corrected chi connectivity index (χ2v) is 10.3. The number of halogens is 2. The van der Waals surface area contributed by atoms with Crippen LogP contribution >= 0.6 is 35.0 Å². The molecule has 1 fully saturated rings. The third-order valence-corrected chi connectivity index (χ3v) is 7.32. The topological polar surface area (TPSA) is 46.9 Å². The molecule has 156 valence electrons. The average Bonchev–Trinajstić information content (AvgIpc) is 3.20. The van der Waals surface area contributed by atoms with E-state index >= 15 is 0 Å². The van der Waals surface area contributed by atoms with Gasteiger partial charge in [0.1, 0.15) is 4.33 Å². The van der Waals surface area contributed by atoms with Gasteiger partial charge in [0.15, 0.2) is 0 Å². The Morgan fingerprint density at radius 1 is 1.20 bits per heavy atom. The first kappa shape index (κ1) is 21.3. The van der Waals surface area contributed by atoms with Crippen LogP contribution in [0, 0.1) is 19.8 Å². The maximum Gasteiger partial charge on any atom is 0.255 e. The van der Waals surface area contributed by atoms with Crippen LogP contribution in [0.15, 0.2) is 59.5 Å². The Balaban J connectivity index is 1.45. The molecule has 1 heterocycles. The average molecular weight is 460 g/mol. The van der Waals surface area contributed by atoms with E-state index in [1.165, 1.54) is 0 Å². The van der Waals surface area contributed by atoms with Gasteiger partial charge in [0.05, 0.1) is 17.9 Å². The zero-order valence-corrected chi connectivity index (χ0v) is 19.2. The molecular weight excluding hydrogens is 437 g/mol. The lowest BCUT2D eigenvalue weighted by Gasteiger charge is -2.12. The number of anilines is 1. The lowest BCUT2D eigenvalue weighted by Crippen LogP contribution is -2.13. The number of thioether (sulfide) groups is 1. The molecule has 1 amide bonds. The van der Waals surface area contributed by atoms with Gasteiger partial charge >= 0.3 is 0 Å². The van der Waals surface area contributed by atoms with Crippen molar-refractivity contribution in [1.82, 2.24) is 9.78 Å². The predicted molar refractivity (Wildman–Crippen MR) is 125 cm³/mol. The first-order chi connectivity index (χ1) is 14.3. The van der Waals surface area contributed by atoms with E-state index in [9.17, 15) is 4.79 Å². The van der Waals surface area contributed by atoms with Gasteiger partial charge < -0.3 is 5.32 Å². The summed E-state index contributed by atoms with van der Waals surface area (Å²) in [5.74, 6) is 0.993. The molecule has 0 saturated heterocycles. The Labute approximate surface area is 191 Å². The van der Waals surface area contributed by atoms with Gasteiger partial charge in [0, 0.05) is 27.8 Å². The van der Waals surface area contributed by atoms with Crippen LogP contribution in [-0.4, -0.2) is 25.8 Å². The number of nitrogens with one attached hydrogen (secondary N) is 1. The number of carbonyl (C=O) groups is 1. The first-order valence-corrected chi connectivity index (χ1v) is 11.6. The van der Waals surface area contributed by atoms with Crippen molar-refractivity contribution in [2.24, 2.45) is 5.92 Å². The summed E-state index contributed by atoms with van der Waals surface area (Å²) >= 11 is 13.9. The minimum Gasteiger partial charge on any atom is -0.321 e. The van der Waals surface area contributed by atoms with Crippen molar-refractivity contribution in [3.8, 4) is 0 Å². The molecule has 4 nitrogen and oxygen atoms in total. The van der Waals surface area contributed by atoms with Crippen molar-refractivity contribution in [3.63, 3.8) is 0 Å². The monoisotopic (exact) mass is 459 g/mol. The molecule has 1 atom stereocenters. The van der Waals surface area contributed by atoms with Crippen molar-refractivity contribution in [2.75, 3.05) is 11.1 Å². The van der Waals surface area contributed by atoms with Crippen LogP contribution in [-0.2, 0) is 6.54 Å². The van der Waals surface area contributed by atoms with E-state index in [1.807, 2.05) is 73.1 Å². The molecule has 1 unspecified atom stereocenters. The molecule has 0 radical (unpaired) electrons. The second kappa shape index (κ2) is 8.66. The minimum atomic E-state index is -0.586. The number of rotatable bonds is 7. The SMILES string of the molecule is Cc1cc(C)n(Cc2cccc(C(=O)Nc3ccccc3SCC3CC3(Cl)Cl)c2)n1. The third kappa shape index (κ3) is 5.02. The van der Waals surface area contributed by atoms with E-state index < -0.39 is 4.33 Å². The molecule has 1 N–H and O–H groups in total. The zero-order valence-electron chi connectivity index (χ0n) is 16.9. The molecule has 0 bridgehead atoms. The van der Waals surface area contributed by atoms with Crippen molar-refractivity contribution in [1.29, 1.82) is 0 Å². The number of aromatic nitrogens is 2. The van der Waals surface area contributed by atoms with Gasteiger partial charge in [-0.05, 0) is 56.2 Å². The maximum atomic E-state index is 12.9. The van der Waals surface area contributed by atoms with Crippen LogP contribution in [0.5, 0.6) is 0 Å². The Bertz CT molecular complexity index is 1080. The number of nitrogens with zero attached hydrogens (tertiary/aromatic N) is 2. The normalized spacial score (nSPS) is 17.0. The standard InChI is InChI=1S/C23H23Cl2N3OS/c1-15-10-16(2)28(27-15)13-17-6-5-7-18(11-17)22(29)26-20-8-3-4-9-21(20)30-14-19-12-23(19,24)25/h3-11,19H,12-14H2,1-2H3,(H,26,29). The van der Waals surface area contributed by atoms with Gasteiger partial charge in [0.25, 0.3) is 5.91 Å². The Hall–Kier alpha value is -1.95. The molecule has 1 aliphatic rings. The van der Waals surface area contributed by atoms with E-state index in [2.05, 4.69) is 10.4 Å². The summed E-state index contributed by atoms with van der Waals surface area (Å²) in [5.41, 5.74) is 4.54. The lowest BCUT2D eigenvalue weighted by molar-refractivity contribution is 0.102. The summed E-state index contributed by atoms with van der Waals surface area (Å²) in [4.78, 5) is 13.9. The van der Waals surface area contributed by atoms with Gasteiger partial charge in [-0.2, -0.15) is 5.10 Å². The third-order valence-electron chi connectivity index (χ3n) is 5.16. The highest BCUT2D eigenvalue weighted by atomic mass is 35.5. The molecule has 1 saturated carbocycles. The summed E-state index contributed by atoms with van der Waals surface area (Å²) in [7, 11) is 0. The number of carbonyl (C=O) groups excluding carboxylic acids is 1. The molecule has 3 aromatic rings. The van der Waals surface area contributed by atoms with Crippen LogP contribution in [0.3, 0.4) is 0 Å². The molecule has 0 aliphatic heterocycles. The van der Waals surface area contributed by atoms with Crippen LogP contribution in [0.2, 0.25) is 0 Å². The summed E-state index contributed by atoms with van der Waals surface area (Å²) in [6, 6.07) is 17.5. The number of amides is 1. The van der Waals surface area contributed by atoms with E-state index in [-0.39, 0.29) is 5.91 Å². The van der Waals surface area contributed by atoms with Crippen LogP contribution in [0.25, 0.3) is 0 Å². The first-order valence-electron chi connectivity index (χ1n) is 9.83. The molecule has 2 aromatic carbocycles. The van der Waals surface area contributed by atoms with Crippen LogP contribution in [0.1, 0.15) is 33.7 Å². The van der Waals surface area contributed by atoms with Crippen molar-refractivity contribution in [2.45, 2.75) is 36.0 Å². The molecule has 4 rings (SSSR count). The largest absolute Gasteiger partial charge is 0.321 e. The Kier molecular flexibility index (Phi) is 6.14. The second-order valence-electron chi connectivity index (χ2n) is 7.71. The number of para-hydroxylation sites is 1. The van der Waals surface area contributed by atoms with Crippen molar-refractivity contribution in [3.05, 3.63) is 77.1 Å². The molecule has 7 heteroatoms. The zero-order chi connectivity index (χ0) is 21.3. The van der Waals surface area contributed by atoms with E-state index in [0.717, 1.165) is 39.7 Å². The number of aryl methyl sites for hydroxylation is 2. The molecular formula is C23H23Cl2N3OS. The Morgan fingerprint density at radius 3 is 2.67 bits per heavy atom. The summed E-state index contributed by atoms with van der Waals surface area (Å²) in [6.07, 6.45) is 0.819. The fourth-order valence-electron chi connectivity index (χ4n) is 3.35. The molecule has 0 spiro atoms. The van der Waals surface area contributed by atoms with Gasteiger partial charge in [-0.15, -0.1) is 35.0 Å². The quantitative estimate of drug-likeness (QED) is 0.343. The van der Waals surface area contributed by atoms with E-state index in [4.69, 9.17) is 23.2 Å². The number of alkyl halides is 2. The van der Waals surface area contributed by atoms with Gasteiger partial charge in [-0.25, -0.2) is 0 Å². The summed E-state index contributed by atoms with van der Waals surface area (Å²) in [6.45, 7) is 4.64. The smallest absolute Gasteiger partial charge is 0.255 e. The molecule has 1 aliphatic carbocycles. The lowest BCUT2D eigenvalue weighted by atomic mass is 10.1. The highest BCUT2D eigenvalue weighted by Gasteiger charge is 2.51. The highest BCUT2D eigenvalue weighted by Crippen LogP contribution is 2.55. The maximum absolute atomic E-state index is 12.9. The van der Waals surface area contributed by atoms with Gasteiger partial charge in [-0.1, -0.05) is 24.3 Å². The summed E-state index contributed by atoms with van der Waals surface area (Å²) in [5, 5.41) is 7.55. The molecule has 30 heavy (non-hydrogen) atoms. The number of benzene rings is 2. The van der Waals surface area contributed by atoms with E-state index in [0.29, 0.717) is 18.0 Å². The van der Waals surface area contributed by atoms with Crippen LogP contribution in [0.4, 0.5) is 5.69 Å². The summed E-state index contributed by atoms with van der Waals surface area (Å²) < 4.78 is 1.36. The Morgan fingerprint density at radius 2 is 1.97 bits per heavy atom. The van der Waals surface area contributed by atoms with Crippen molar-refractivity contribution >= 4 is 46.6 Å². The van der Waals surface area contributed by atoms with Crippen LogP contribution < -0.4 is 5.32 Å². The predicted octanol–water partition coefficient (Wildman–Crippen LogP) is 6.09. The number of hydrogen-bond acceptors (Lipinski definition) is 3. The van der Waals surface area contributed by atoms with Gasteiger partial charge in [0.2, 0.25) is 0 Å². The number of hydrogen-bond donors (Lipinski definition) is 1. The van der Waals surface area contributed by atoms with Crippen molar-refractivity contribution < 1.29 is 4.79 Å².